The average Bonchev–Trinajstić information content (AvgIpc) is 2.41. The fraction of sp³-hybridized carbons (Fsp3) is 0. The molecule has 0 spiro atoms. The van der Waals surface area contributed by atoms with Gasteiger partial charge in [0.2, 0.25) is 0 Å². The van der Waals surface area contributed by atoms with E-state index in [0.717, 1.165) is 12.3 Å². The van der Waals surface area contributed by atoms with Gasteiger partial charge in [0, 0.05) is 0 Å². The summed E-state index contributed by atoms with van der Waals surface area (Å²) in [5, 5.41) is 20.9. The minimum absolute atomic E-state index is 0.0190. The van der Waals surface area contributed by atoms with Crippen molar-refractivity contribution in [1.82, 2.24) is 9.97 Å². The van der Waals surface area contributed by atoms with Crippen LogP contribution in [0.3, 0.4) is 0 Å². The molecule has 3 N–H and O–H groups in total. The fourth-order valence-electron chi connectivity index (χ4n) is 1.39. The molecule has 1 heterocycles. The van der Waals surface area contributed by atoms with E-state index in [1.54, 1.807) is 0 Å². The number of nitrogens with zero attached hydrogens (tertiary/aromatic N) is 2. The van der Waals surface area contributed by atoms with Crippen LogP contribution in [0.5, 0.6) is 5.75 Å². The molecule has 102 valence electrons. The van der Waals surface area contributed by atoms with Crippen LogP contribution in [0.4, 0.5) is 5.69 Å². The number of aromatic carboxylic acids is 1. The van der Waals surface area contributed by atoms with E-state index in [0.29, 0.717) is 0 Å². The molecule has 2 aromatic rings. The lowest BCUT2D eigenvalue weighted by Crippen LogP contribution is -2.14. The molecule has 0 aliphatic carbocycles. The SMILES string of the molecule is O=C(O)c1ccc(O)c(NC(=O)c2cnc(Cl)cn2)c1. The highest BCUT2D eigenvalue weighted by Gasteiger charge is 2.13. The molecule has 0 radical (unpaired) electrons. The molecule has 1 aromatic heterocycles. The van der Waals surface area contributed by atoms with Crippen molar-refractivity contribution >= 4 is 29.2 Å². The van der Waals surface area contributed by atoms with Crippen LogP contribution in [0.15, 0.2) is 30.6 Å². The summed E-state index contributed by atoms with van der Waals surface area (Å²) in [6.45, 7) is 0. The zero-order valence-corrected chi connectivity index (χ0v) is 10.6. The van der Waals surface area contributed by atoms with Gasteiger partial charge in [0.25, 0.3) is 5.91 Å². The van der Waals surface area contributed by atoms with Gasteiger partial charge in [-0.2, -0.15) is 0 Å². The van der Waals surface area contributed by atoms with Crippen LogP contribution in [0.1, 0.15) is 20.8 Å². The number of hydrogen-bond acceptors (Lipinski definition) is 5. The molecule has 0 aliphatic heterocycles. The van der Waals surface area contributed by atoms with Crippen molar-refractivity contribution in [2.75, 3.05) is 5.32 Å². The van der Waals surface area contributed by atoms with Gasteiger partial charge in [-0.15, -0.1) is 0 Å². The molecule has 0 atom stereocenters. The molecule has 1 aromatic carbocycles. The molecule has 2 rings (SSSR count). The van der Waals surface area contributed by atoms with Crippen LogP contribution in [0.2, 0.25) is 5.15 Å². The van der Waals surface area contributed by atoms with E-state index in [1.807, 2.05) is 0 Å². The number of aromatic hydroxyl groups is 1. The zero-order valence-electron chi connectivity index (χ0n) is 9.87. The standard InChI is InChI=1S/C12H8ClN3O4/c13-10-5-14-8(4-15-10)11(18)16-7-3-6(12(19)20)1-2-9(7)17/h1-5,17H,(H,16,18)(H,19,20). The highest BCUT2D eigenvalue weighted by Crippen LogP contribution is 2.24. The third kappa shape index (κ3) is 3.01. The minimum atomic E-state index is -1.17. The first-order valence-corrected chi connectivity index (χ1v) is 5.70. The van der Waals surface area contributed by atoms with Crippen LogP contribution < -0.4 is 5.32 Å². The second kappa shape index (κ2) is 5.54. The number of nitrogens with one attached hydrogen (secondary N) is 1. The summed E-state index contributed by atoms with van der Waals surface area (Å²) in [4.78, 5) is 30.1. The van der Waals surface area contributed by atoms with Crippen molar-refractivity contribution in [3.8, 4) is 5.75 Å². The van der Waals surface area contributed by atoms with Crippen molar-refractivity contribution in [2.24, 2.45) is 0 Å². The number of carboxylic acids is 1. The first kappa shape index (κ1) is 13.8. The first-order chi connectivity index (χ1) is 9.47. The number of carbonyl (C=O) groups excluding carboxylic acids is 1. The quantitative estimate of drug-likeness (QED) is 0.744. The summed E-state index contributed by atoms with van der Waals surface area (Å²) in [6, 6.07) is 3.53. The number of amides is 1. The van der Waals surface area contributed by atoms with Crippen molar-refractivity contribution in [3.63, 3.8) is 0 Å². The molecule has 20 heavy (non-hydrogen) atoms. The third-order valence-electron chi connectivity index (χ3n) is 2.34. The van der Waals surface area contributed by atoms with Gasteiger partial charge in [-0.3, -0.25) is 4.79 Å². The molecule has 0 fully saturated rings. The zero-order chi connectivity index (χ0) is 14.7. The van der Waals surface area contributed by atoms with Gasteiger partial charge in [0.05, 0.1) is 23.6 Å². The van der Waals surface area contributed by atoms with E-state index in [1.165, 1.54) is 18.3 Å². The number of aromatic nitrogens is 2. The molecular formula is C12H8ClN3O4. The number of anilines is 1. The topological polar surface area (TPSA) is 112 Å². The highest BCUT2D eigenvalue weighted by molar-refractivity contribution is 6.29. The van der Waals surface area contributed by atoms with Crippen LogP contribution in [-0.2, 0) is 0 Å². The molecule has 7 nitrogen and oxygen atoms in total. The summed E-state index contributed by atoms with van der Waals surface area (Å²) < 4.78 is 0. The van der Waals surface area contributed by atoms with E-state index in [9.17, 15) is 14.7 Å². The average molecular weight is 294 g/mol. The van der Waals surface area contributed by atoms with Crippen molar-refractivity contribution in [2.45, 2.75) is 0 Å². The summed E-state index contributed by atoms with van der Waals surface area (Å²) in [5.74, 6) is -2.08. The summed E-state index contributed by atoms with van der Waals surface area (Å²) in [7, 11) is 0. The van der Waals surface area contributed by atoms with Gasteiger partial charge < -0.3 is 15.5 Å². The van der Waals surface area contributed by atoms with Gasteiger partial charge in [-0.05, 0) is 18.2 Å². The van der Waals surface area contributed by atoms with Crippen molar-refractivity contribution in [3.05, 3.63) is 47.0 Å². The molecule has 0 bridgehead atoms. The van der Waals surface area contributed by atoms with Gasteiger partial charge in [0.15, 0.2) is 0 Å². The van der Waals surface area contributed by atoms with Crippen LogP contribution >= 0.6 is 11.6 Å². The van der Waals surface area contributed by atoms with Crippen LogP contribution in [-0.4, -0.2) is 32.1 Å². The Morgan fingerprint density at radius 3 is 2.55 bits per heavy atom. The molecule has 8 heteroatoms. The Morgan fingerprint density at radius 1 is 1.20 bits per heavy atom. The lowest BCUT2D eigenvalue weighted by atomic mass is 10.2. The largest absolute Gasteiger partial charge is 0.506 e. The first-order valence-electron chi connectivity index (χ1n) is 5.32. The predicted molar refractivity (Wildman–Crippen MR) is 70.1 cm³/mol. The van der Waals surface area contributed by atoms with Gasteiger partial charge in [-0.1, -0.05) is 11.6 Å². The van der Waals surface area contributed by atoms with Gasteiger partial charge >= 0.3 is 5.97 Å². The third-order valence-corrected chi connectivity index (χ3v) is 2.54. The number of halogens is 1. The molecular weight excluding hydrogens is 286 g/mol. The number of benzene rings is 1. The Balaban J connectivity index is 2.25. The number of carboxylic acid groups (broad SMARTS) is 1. The van der Waals surface area contributed by atoms with Crippen molar-refractivity contribution in [1.29, 1.82) is 0 Å². The minimum Gasteiger partial charge on any atom is -0.506 e. The Hall–Kier alpha value is -2.67. The second-order valence-corrected chi connectivity index (χ2v) is 4.10. The smallest absolute Gasteiger partial charge is 0.335 e. The second-order valence-electron chi connectivity index (χ2n) is 3.72. The fourth-order valence-corrected chi connectivity index (χ4v) is 1.48. The Kier molecular flexibility index (Phi) is 3.81. The summed E-state index contributed by atoms with van der Waals surface area (Å²) >= 11 is 5.55. The van der Waals surface area contributed by atoms with E-state index < -0.39 is 11.9 Å². The van der Waals surface area contributed by atoms with E-state index in [2.05, 4.69) is 15.3 Å². The molecule has 1 amide bonds. The van der Waals surface area contributed by atoms with E-state index in [4.69, 9.17) is 16.7 Å². The van der Waals surface area contributed by atoms with Crippen LogP contribution in [0, 0.1) is 0 Å². The lowest BCUT2D eigenvalue weighted by Gasteiger charge is -2.07. The van der Waals surface area contributed by atoms with E-state index in [-0.39, 0.29) is 27.8 Å². The lowest BCUT2D eigenvalue weighted by molar-refractivity contribution is 0.0696. The predicted octanol–water partition coefficient (Wildman–Crippen LogP) is 1.79. The normalized spacial score (nSPS) is 10.1. The molecule has 0 aliphatic rings. The Morgan fingerprint density at radius 2 is 1.95 bits per heavy atom. The Bertz CT molecular complexity index is 673. The van der Waals surface area contributed by atoms with Gasteiger partial charge in [0.1, 0.15) is 16.6 Å². The van der Waals surface area contributed by atoms with Gasteiger partial charge in [-0.25, -0.2) is 14.8 Å². The summed E-state index contributed by atoms with van der Waals surface area (Å²) in [6.07, 6.45) is 2.36. The maximum Gasteiger partial charge on any atom is 0.335 e. The summed E-state index contributed by atoms with van der Waals surface area (Å²) in [5.41, 5.74) is -0.124. The molecule has 0 saturated carbocycles. The Labute approximate surface area is 117 Å². The van der Waals surface area contributed by atoms with Crippen LogP contribution in [0.25, 0.3) is 0 Å². The monoisotopic (exact) mass is 293 g/mol. The highest BCUT2D eigenvalue weighted by atomic mass is 35.5. The molecule has 0 unspecified atom stereocenters. The maximum atomic E-state index is 11.8. The molecule has 0 saturated heterocycles. The number of hydrogen-bond donors (Lipinski definition) is 3. The number of carbonyl (C=O) groups is 2. The number of rotatable bonds is 3. The number of phenolic OH excluding ortho intramolecular Hbond substituents is 1. The number of phenols is 1. The van der Waals surface area contributed by atoms with E-state index >= 15 is 0 Å². The van der Waals surface area contributed by atoms with Crippen molar-refractivity contribution < 1.29 is 19.8 Å². The maximum absolute atomic E-state index is 11.8.